The van der Waals surface area contributed by atoms with E-state index in [1.165, 1.54) is 12.8 Å². The Labute approximate surface area is 129 Å². The molecule has 0 aromatic heterocycles. The van der Waals surface area contributed by atoms with Gasteiger partial charge in [0.1, 0.15) is 0 Å². The molecule has 21 heavy (non-hydrogen) atoms. The summed E-state index contributed by atoms with van der Waals surface area (Å²) in [5, 5.41) is 3.50. The Bertz CT molecular complexity index is 248. The third-order valence-corrected chi connectivity index (χ3v) is 4.20. The first-order valence-corrected chi connectivity index (χ1v) is 8.07. The lowest BCUT2D eigenvalue weighted by Gasteiger charge is -2.30. The van der Waals surface area contributed by atoms with Gasteiger partial charge in [0, 0.05) is 33.9 Å². The van der Waals surface area contributed by atoms with Crippen molar-refractivity contribution in [1.82, 2.24) is 5.32 Å². The van der Waals surface area contributed by atoms with Crippen LogP contribution < -0.4 is 5.32 Å². The van der Waals surface area contributed by atoms with Gasteiger partial charge in [-0.3, -0.25) is 0 Å². The number of rotatable bonds is 15. The normalized spacial score (nSPS) is 17.9. The van der Waals surface area contributed by atoms with E-state index in [0.29, 0.717) is 31.8 Å². The zero-order valence-corrected chi connectivity index (χ0v) is 14.0. The van der Waals surface area contributed by atoms with Crippen molar-refractivity contribution >= 4 is 0 Å². The van der Waals surface area contributed by atoms with E-state index in [1.807, 2.05) is 0 Å². The summed E-state index contributed by atoms with van der Waals surface area (Å²) in [7, 11) is 3.42. The maximum atomic E-state index is 5.70. The quantitative estimate of drug-likeness (QED) is 0.467. The van der Waals surface area contributed by atoms with Crippen LogP contribution in [0.4, 0.5) is 0 Å². The van der Waals surface area contributed by atoms with Crippen LogP contribution >= 0.6 is 0 Å². The first kappa shape index (κ1) is 18.8. The number of nitrogens with one attached hydrogen (secondary N) is 1. The Morgan fingerprint density at radius 2 is 1.52 bits per heavy atom. The molecule has 0 radical (unpaired) electrons. The first-order valence-electron chi connectivity index (χ1n) is 8.07. The highest BCUT2D eigenvalue weighted by atomic mass is 16.5. The largest absolute Gasteiger partial charge is 0.383 e. The molecule has 1 N–H and O–H groups in total. The van der Waals surface area contributed by atoms with Crippen LogP contribution in [0.3, 0.4) is 0 Å². The second-order valence-corrected chi connectivity index (χ2v) is 6.07. The molecule has 1 unspecified atom stereocenters. The molecule has 0 aliphatic heterocycles. The summed E-state index contributed by atoms with van der Waals surface area (Å²) in [5.41, 5.74) is 0.352. The lowest BCUT2D eigenvalue weighted by molar-refractivity contribution is 0.0157. The Morgan fingerprint density at radius 1 is 0.905 bits per heavy atom. The smallest absolute Gasteiger partial charge is 0.0701 e. The monoisotopic (exact) mass is 303 g/mol. The van der Waals surface area contributed by atoms with Crippen LogP contribution in [0.25, 0.3) is 0 Å². The Kier molecular flexibility index (Phi) is 10.2. The van der Waals surface area contributed by atoms with Crippen LogP contribution in [0.5, 0.6) is 0 Å². The zero-order valence-electron chi connectivity index (χ0n) is 14.0. The molecule has 0 aromatic carbocycles. The third-order valence-electron chi connectivity index (χ3n) is 4.20. The minimum atomic E-state index is 0.352. The minimum Gasteiger partial charge on any atom is -0.383 e. The van der Waals surface area contributed by atoms with Crippen molar-refractivity contribution in [3.63, 3.8) is 0 Å². The van der Waals surface area contributed by atoms with Crippen molar-refractivity contribution in [2.24, 2.45) is 11.3 Å². The van der Waals surface area contributed by atoms with Gasteiger partial charge < -0.3 is 24.3 Å². The average Bonchev–Trinajstić information content (AvgIpc) is 3.32. The fourth-order valence-electron chi connectivity index (χ4n) is 2.53. The van der Waals surface area contributed by atoms with Crippen LogP contribution in [0.2, 0.25) is 0 Å². The van der Waals surface area contributed by atoms with Gasteiger partial charge in [-0.1, -0.05) is 6.92 Å². The van der Waals surface area contributed by atoms with Crippen LogP contribution in [-0.4, -0.2) is 67.0 Å². The van der Waals surface area contributed by atoms with E-state index in [2.05, 4.69) is 12.2 Å². The van der Waals surface area contributed by atoms with E-state index < -0.39 is 0 Å². The van der Waals surface area contributed by atoms with Gasteiger partial charge >= 0.3 is 0 Å². The standard InChI is InChI=1S/C16H33NO4/c1-16(15-4-5-15,14-17-7-9-18-2)6-8-20-12-13-21-11-10-19-3/h15,17H,4-14H2,1-3H3. The molecule has 5 nitrogen and oxygen atoms in total. The molecule has 0 amide bonds. The van der Waals surface area contributed by atoms with Crippen LogP contribution in [0.1, 0.15) is 26.2 Å². The molecular formula is C16H33NO4. The molecular weight excluding hydrogens is 270 g/mol. The topological polar surface area (TPSA) is 49.0 Å². The number of hydrogen-bond acceptors (Lipinski definition) is 5. The molecule has 0 heterocycles. The van der Waals surface area contributed by atoms with Gasteiger partial charge in [0.25, 0.3) is 0 Å². The highest BCUT2D eigenvalue weighted by molar-refractivity contribution is 4.92. The lowest BCUT2D eigenvalue weighted by atomic mass is 9.81. The highest BCUT2D eigenvalue weighted by Gasteiger charge is 2.40. The van der Waals surface area contributed by atoms with E-state index >= 15 is 0 Å². The molecule has 1 fully saturated rings. The zero-order chi connectivity index (χ0) is 15.4. The Morgan fingerprint density at radius 3 is 2.14 bits per heavy atom. The molecule has 5 heteroatoms. The van der Waals surface area contributed by atoms with Crippen LogP contribution in [-0.2, 0) is 18.9 Å². The van der Waals surface area contributed by atoms with Gasteiger partial charge in [-0.2, -0.15) is 0 Å². The first-order chi connectivity index (χ1) is 10.2. The predicted octanol–water partition coefficient (Wildman–Crippen LogP) is 1.71. The van der Waals surface area contributed by atoms with E-state index in [4.69, 9.17) is 18.9 Å². The summed E-state index contributed by atoms with van der Waals surface area (Å²) in [6.07, 6.45) is 3.83. The molecule has 1 atom stereocenters. The molecule has 126 valence electrons. The summed E-state index contributed by atoms with van der Waals surface area (Å²) in [4.78, 5) is 0. The Balaban J connectivity index is 2.05. The maximum Gasteiger partial charge on any atom is 0.0701 e. The van der Waals surface area contributed by atoms with Gasteiger partial charge in [0.2, 0.25) is 0 Å². The van der Waals surface area contributed by atoms with Gasteiger partial charge in [-0.25, -0.2) is 0 Å². The number of methoxy groups -OCH3 is 2. The highest BCUT2D eigenvalue weighted by Crippen LogP contribution is 2.47. The van der Waals surface area contributed by atoms with Crippen molar-refractivity contribution in [3.8, 4) is 0 Å². The summed E-state index contributed by atoms with van der Waals surface area (Å²) < 4.78 is 21.1. The van der Waals surface area contributed by atoms with E-state index in [-0.39, 0.29) is 0 Å². The van der Waals surface area contributed by atoms with Crippen molar-refractivity contribution in [2.45, 2.75) is 26.2 Å². The third kappa shape index (κ3) is 8.73. The van der Waals surface area contributed by atoms with Crippen LogP contribution in [0.15, 0.2) is 0 Å². The molecule has 1 rings (SSSR count). The molecule has 1 aliphatic rings. The van der Waals surface area contributed by atoms with Crippen molar-refractivity contribution in [1.29, 1.82) is 0 Å². The summed E-state index contributed by atoms with van der Waals surface area (Å²) in [6, 6.07) is 0. The summed E-state index contributed by atoms with van der Waals surface area (Å²) >= 11 is 0. The molecule has 0 bridgehead atoms. The van der Waals surface area contributed by atoms with E-state index in [9.17, 15) is 0 Å². The summed E-state index contributed by atoms with van der Waals surface area (Å²) in [6.45, 7) is 8.54. The van der Waals surface area contributed by atoms with Crippen molar-refractivity contribution < 1.29 is 18.9 Å². The van der Waals surface area contributed by atoms with Gasteiger partial charge in [0.05, 0.1) is 33.0 Å². The predicted molar refractivity (Wildman–Crippen MR) is 83.7 cm³/mol. The Hall–Kier alpha value is -0.200. The fraction of sp³-hybridized carbons (Fsp3) is 1.00. The SMILES string of the molecule is COCCNCC(C)(CCOCCOCCOC)C1CC1. The number of ether oxygens (including phenoxy) is 4. The van der Waals surface area contributed by atoms with Gasteiger partial charge in [-0.15, -0.1) is 0 Å². The second kappa shape index (κ2) is 11.4. The lowest BCUT2D eigenvalue weighted by Crippen LogP contribution is -2.36. The van der Waals surface area contributed by atoms with E-state index in [1.54, 1.807) is 14.2 Å². The van der Waals surface area contributed by atoms with Crippen molar-refractivity contribution in [2.75, 3.05) is 67.0 Å². The molecule has 0 aromatic rings. The fourth-order valence-corrected chi connectivity index (χ4v) is 2.53. The summed E-state index contributed by atoms with van der Waals surface area (Å²) in [5.74, 6) is 0.856. The number of hydrogen-bond donors (Lipinski definition) is 1. The second-order valence-electron chi connectivity index (χ2n) is 6.07. The van der Waals surface area contributed by atoms with Crippen LogP contribution in [0, 0.1) is 11.3 Å². The molecule has 1 aliphatic carbocycles. The van der Waals surface area contributed by atoms with Gasteiger partial charge in [-0.05, 0) is 30.6 Å². The molecule has 0 spiro atoms. The maximum absolute atomic E-state index is 5.70. The average molecular weight is 303 g/mol. The minimum absolute atomic E-state index is 0.352. The van der Waals surface area contributed by atoms with Crippen molar-refractivity contribution in [3.05, 3.63) is 0 Å². The van der Waals surface area contributed by atoms with E-state index in [0.717, 1.165) is 38.6 Å². The molecule has 1 saturated carbocycles. The van der Waals surface area contributed by atoms with Gasteiger partial charge in [0.15, 0.2) is 0 Å². The molecule has 0 saturated heterocycles.